The van der Waals surface area contributed by atoms with Gasteiger partial charge < -0.3 is 4.90 Å². The Kier molecular flexibility index (Phi) is 3.01. The van der Waals surface area contributed by atoms with Gasteiger partial charge in [-0.25, -0.2) is 0 Å². The Labute approximate surface area is 93.9 Å². The number of hydrogen-bond donors (Lipinski definition) is 0. The lowest BCUT2D eigenvalue weighted by atomic mass is 9.76. The molecule has 2 rings (SSSR count). The summed E-state index contributed by atoms with van der Waals surface area (Å²) in [5, 5.41) is 0. The van der Waals surface area contributed by atoms with E-state index in [0.29, 0.717) is 5.41 Å². The third-order valence-electron chi connectivity index (χ3n) is 3.80. The fourth-order valence-electron chi connectivity index (χ4n) is 2.52. The lowest BCUT2D eigenvalue weighted by Gasteiger charge is -2.32. The summed E-state index contributed by atoms with van der Waals surface area (Å²) in [7, 11) is 2.20. The van der Waals surface area contributed by atoms with Crippen LogP contribution in [0.1, 0.15) is 33.1 Å². The first-order chi connectivity index (χ1) is 7.07. The predicted octanol–water partition coefficient (Wildman–Crippen LogP) is 3.24. The highest BCUT2D eigenvalue weighted by molar-refractivity contribution is 5.19. The van der Waals surface area contributed by atoms with Crippen LogP contribution in [0.4, 0.5) is 0 Å². The number of likely N-dealkylation sites (N-methyl/N-ethyl adjacent to an activating group) is 1. The Hall–Kier alpha value is -0.560. The van der Waals surface area contributed by atoms with Crippen LogP contribution in [0.3, 0.4) is 0 Å². The molecule has 0 spiro atoms. The van der Waals surface area contributed by atoms with E-state index >= 15 is 0 Å². The second-order valence-corrected chi connectivity index (χ2v) is 5.78. The van der Waals surface area contributed by atoms with Crippen molar-refractivity contribution in [1.29, 1.82) is 0 Å². The van der Waals surface area contributed by atoms with Crippen LogP contribution in [-0.2, 0) is 0 Å². The Morgan fingerprint density at radius 3 is 2.73 bits per heavy atom. The summed E-state index contributed by atoms with van der Waals surface area (Å²) in [5.41, 5.74) is 2.11. The minimum Gasteiger partial charge on any atom is -0.302 e. The van der Waals surface area contributed by atoms with Gasteiger partial charge in [-0.2, -0.15) is 0 Å². The first-order valence-electron chi connectivity index (χ1n) is 6.14. The van der Waals surface area contributed by atoms with Crippen molar-refractivity contribution < 1.29 is 0 Å². The van der Waals surface area contributed by atoms with Gasteiger partial charge in [0, 0.05) is 13.1 Å². The molecule has 0 aromatic rings. The molecule has 0 saturated carbocycles. The number of rotatable bonds is 1. The summed E-state index contributed by atoms with van der Waals surface area (Å²) in [4.78, 5) is 2.39. The standard InChI is InChI=1S/C14H23N/c1-14(2)8-4-12(5-9-14)13-6-10-15(3)11-7-13/h4,6,8,12H,5,7,9-11H2,1-3H3. The zero-order chi connectivity index (χ0) is 10.9. The molecule has 0 saturated heterocycles. The molecule has 0 amide bonds. The van der Waals surface area contributed by atoms with Crippen LogP contribution in [0.25, 0.3) is 0 Å². The molecule has 0 fully saturated rings. The predicted molar refractivity (Wildman–Crippen MR) is 65.8 cm³/mol. The SMILES string of the molecule is CN1CC=C(C2C=CC(C)(C)CC2)CC1. The molecule has 0 radical (unpaired) electrons. The van der Waals surface area contributed by atoms with Gasteiger partial charge in [0.05, 0.1) is 0 Å². The molecule has 0 bridgehead atoms. The Balaban J connectivity index is 2.02. The van der Waals surface area contributed by atoms with Crippen LogP contribution in [0.5, 0.6) is 0 Å². The van der Waals surface area contributed by atoms with Crippen molar-refractivity contribution in [3.63, 3.8) is 0 Å². The second kappa shape index (κ2) is 4.13. The largest absolute Gasteiger partial charge is 0.302 e. The maximum Gasteiger partial charge on any atom is 0.0163 e. The number of hydrogen-bond acceptors (Lipinski definition) is 1. The van der Waals surface area contributed by atoms with Gasteiger partial charge in [-0.1, -0.05) is 37.6 Å². The van der Waals surface area contributed by atoms with Crippen molar-refractivity contribution in [2.75, 3.05) is 20.1 Å². The van der Waals surface area contributed by atoms with E-state index in [1.807, 2.05) is 0 Å². The Morgan fingerprint density at radius 2 is 2.20 bits per heavy atom. The molecular weight excluding hydrogens is 182 g/mol. The Bertz CT molecular complexity index is 286. The highest BCUT2D eigenvalue weighted by atomic mass is 15.1. The minimum absolute atomic E-state index is 0.433. The lowest BCUT2D eigenvalue weighted by molar-refractivity contribution is 0.334. The van der Waals surface area contributed by atoms with E-state index in [1.165, 1.54) is 25.8 Å². The van der Waals surface area contributed by atoms with Gasteiger partial charge in [-0.05, 0) is 37.6 Å². The molecule has 1 heterocycles. The van der Waals surface area contributed by atoms with Crippen molar-refractivity contribution in [3.8, 4) is 0 Å². The molecule has 0 N–H and O–H groups in total. The molecule has 1 atom stereocenters. The van der Waals surface area contributed by atoms with Crippen LogP contribution in [0.2, 0.25) is 0 Å². The van der Waals surface area contributed by atoms with Gasteiger partial charge in [-0.15, -0.1) is 0 Å². The van der Waals surface area contributed by atoms with Gasteiger partial charge in [0.1, 0.15) is 0 Å². The van der Waals surface area contributed by atoms with Gasteiger partial charge in [0.25, 0.3) is 0 Å². The second-order valence-electron chi connectivity index (χ2n) is 5.78. The van der Waals surface area contributed by atoms with Crippen LogP contribution in [0, 0.1) is 11.3 Å². The summed E-state index contributed by atoms with van der Waals surface area (Å²) in [6, 6.07) is 0. The van der Waals surface area contributed by atoms with Gasteiger partial charge in [-0.3, -0.25) is 0 Å². The molecule has 1 aliphatic heterocycles. The van der Waals surface area contributed by atoms with E-state index in [-0.39, 0.29) is 0 Å². The van der Waals surface area contributed by atoms with Gasteiger partial charge in [0.2, 0.25) is 0 Å². The fraction of sp³-hybridized carbons (Fsp3) is 0.714. The van der Waals surface area contributed by atoms with E-state index in [2.05, 4.69) is 44.0 Å². The average molecular weight is 205 g/mol. The van der Waals surface area contributed by atoms with E-state index in [1.54, 1.807) is 5.57 Å². The minimum atomic E-state index is 0.433. The highest BCUT2D eigenvalue weighted by Gasteiger charge is 2.24. The summed E-state index contributed by atoms with van der Waals surface area (Å²) in [5.74, 6) is 0.742. The number of allylic oxidation sites excluding steroid dienone is 2. The first-order valence-corrected chi connectivity index (χ1v) is 6.14. The lowest BCUT2D eigenvalue weighted by Crippen LogP contribution is -2.27. The summed E-state index contributed by atoms with van der Waals surface area (Å²) in [6.07, 6.45) is 11.3. The number of nitrogens with zero attached hydrogens (tertiary/aromatic N) is 1. The zero-order valence-corrected chi connectivity index (χ0v) is 10.3. The maximum atomic E-state index is 2.45. The van der Waals surface area contributed by atoms with Crippen molar-refractivity contribution >= 4 is 0 Å². The Morgan fingerprint density at radius 1 is 1.40 bits per heavy atom. The maximum absolute atomic E-state index is 2.45. The monoisotopic (exact) mass is 205 g/mol. The van der Waals surface area contributed by atoms with E-state index in [9.17, 15) is 0 Å². The first kappa shape index (κ1) is 10.9. The average Bonchev–Trinajstić information content (AvgIpc) is 2.20. The summed E-state index contributed by atoms with van der Waals surface area (Å²) >= 11 is 0. The topological polar surface area (TPSA) is 3.24 Å². The molecule has 84 valence electrons. The van der Waals surface area contributed by atoms with Crippen LogP contribution < -0.4 is 0 Å². The third kappa shape index (κ3) is 2.72. The molecule has 2 aliphatic rings. The molecule has 1 heteroatoms. The van der Waals surface area contributed by atoms with Crippen molar-refractivity contribution in [2.45, 2.75) is 33.1 Å². The molecule has 1 nitrogen and oxygen atoms in total. The summed E-state index contributed by atoms with van der Waals surface area (Å²) in [6.45, 7) is 7.05. The molecule has 15 heavy (non-hydrogen) atoms. The molecule has 1 unspecified atom stereocenters. The smallest absolute Gasteiger partial charge is 0.0163 e. The van der Waals surface area contributed by atoms with Crippen LogP contribution in [0.15, 0.2) is 23.8 Å². The van der Waals surface area contributed by atoms with Gasteiger partial charge >= 0.3 is 0 Å². The van der Waals surface area contributed by atoms with Gasteiger partial charge in [0.15, 0.2) is 0 Å². The van der Waals surface area contributed by atoms with E-state index in [4.69, 9.17) is 0 Å². The molecule has 0 aromatic carbocycles. The van der Waals surface area contributed by atoms with E-state index in [0.717, 1.165) is 12.5 Å². The normalized spacial score (nSPS) is 31.4. The zero-order valence-electron chi connectivity index (χ0n) is 10.3. The quantitative estimate of drug-likeness (QED) is 0.594. The third-order valence-corrected chi connectivity index (χ3v) is 3.80. The van der Waals surface area contributed by atoms with Crippen molar-refractivity contribution in [1.82, 2.24) is 4.90 Å². The van der Waals surface area contributed by atoms with Crippen molar-refractivity contribution in [3.05, 3.63) is 23.8 Å². The van der Waals surface area contributed by atoms with Crippen molar-refractivity contribution in [2.24, 2.45) is 11.3 Å². The van der Waals surface area contributed by atoms with E-state index < -0.39 is 0 Å². The fourth-order valence-corrected chi connectivity index (χ4v) is 2.52. The van der Waals surface area contributed by atoms with Crippen LogP contribution in [-0.4, -0.2) is 25.0 Å². The highest BCUT2D eigenvalue weighted by Crippen LogP contribution is 2.36. The van der Waals surface area contributed by atoms with Crippen LogP contribution >= 0.6 is 0 Å². The summed E-state index contributed by atoms with van der Waals surface area (Å²) < 4.78 is 0. The molecule has 0 aromatic heterocycles. The molecule has 1 aliphatic carbocycles. The molecular formula is C14H23N.